The summed E-state index contributed by atoms with van der Waals surface area (Å²) in [4.78, 5) is 22.4. The largest absolute Gasteiger partial charge is 0.354 e. The van der Waals surface area contributed by atoms with E-state index in [9.17, 15) is 4.79 Å². The molecule has 0 bridgehead atoms. The van der Waals surface area contributed by atoms with Gasteiger partial charge in [0.25, 0.3) is 5.91 Å². The minimum atomic E-state index is -0.100. The molecule has 2 N–H and O–H groups in total. The van der Waals surface area contributed by atoms with Gasteiger partial charge < -0.3 is 15.5 Å². The minimum Gasteiger partial charge on any atom is -0.354 e. The van der Waals surface area contributed by atoms with E-state index >= 15 is 0 Å². The monoisotopic (exact) mass is 303 g/mol. The van der Waals surface area contributed by atoms with Crippen molar-refractivity contribution in [2.75, 3.05) is 33.2 Å². The molecule has 2 rings (SSSR count). The topological polar surface area (TPSA) is 69.6 Å². The third-order valence-electron chi connectivity index (χ3n) is 3.79. The summed E-state index contributed by atoms with van der Waals surface area (Å²) in [6.07, 6.45) is 5.72. The Morgan fingerprint density at radius 2 is 2.27 bits per heavy atom. The number of piperidine rings is 1. The van der Waals surface area contributed by atoms with Crippen LogP contribution in [0.25, 0.3) is 0 Å². The van der Waals surface area contributed by atoms with E-state index in [-0.39, 0.29) is 5.91 Å². The first kappa shape index (κ1) is 16.3. The Morgan fingerprint density at radius 3 is 2.95 bits per heavy atom. The Balaban J connectivity index is 1.72. The number of amides is 1. The number of aliphatic imine (C=N–C) groups is 1. The Morgan fingerprint density at radius 1 is 1.45 bits per heavy atom. The van der Waals surface area contributed by atoms with Crippen molar-refractivity contribution in [2.24, 2.45) is 10.9 Å². The lowest BCUT2D eigenvalue weighted by Crippen LogP contribution is -2.47. The van der Waals surface area contributed by atoms with Gasteiger partial charge in [0.15, 0.2) is 5.96 Å². The van der Waals surface area contributed by atoms with E-state index in [1.54, 1.807) is 31.6 Å². The molecule has 6 nitrogen and oxygen atoms in total. The maximum Gasteiger partial charge on any atom is 0.252 e. The molecule has 120 valence electrons. The summed E-state index contributed by atoms with van der Waals surface area (Å²) in [5.41, 5.74) is 0.580. The van der Waals surface area contributed by atoms with Crippen LogP contribution in [-0.4, -0.2) is 55.0 Å². The van der Waals surface area contributed by atoms with Gasteiger partial charge in [-0.1, -0.05) is 6.92 Å². The van der Waals surface area contributed by atoms with Gasteiger partial charge in [-0.05, 0) is 30.9 Å². The van der Waals surface area contributed by atoms with Crippen LogP contribution in [0.2, 0.25) is 0 Å². The van der Waals surface area contributed by atoms with E-state index in [4.69, 9.17) is 0 Å². The normalized spacial score (nSPS) is 18.9. The first-order chi connectivity index (χ1) is 10.7. The van der Waals surface area contributed by atoms with Gasteiger partial charge in [0, 0.05) is 45.6 Å². The van der Waals surface area contributed by atoms with Crippen LogP contribution in [0.5, 0.6) is 0 Å². The van der Waals surface area contributed by atoms with Gasteiger partial charge in [0.2, 0.25) is 0 Å². The maximum atomic E-state index is 11.9. The van der Waals surface area contributed by atoms with Crippen molar-refractivity contribution < 1.29 is 4.79 Å². The number of carbonyl (C=O) groups is 1. The van der Waals surface area contributed by atoms with E-state index in [2.05, 4.69) is 32.4 Å². The highest BCUT2D eigenvalue weighted by molar-refractivity contribution is 5.93. The third kappa shape index (κ3) is 4.72. The van der Waals surface area contributed by atoms with Crippen molar-refractivity contribution in [3.8, 4) is 0 Å². The molecule has 1 aromatic heterocycles. The molecule has 2 heterocycles. The molecule has 1 atom stereocenters. The molecule has 1 aliphatic heterocycles. The highest BCUT2D eigenvalue weighted by Gasteiger charge is 2.18. The Kier molecular flexibility index (Phi) is 6.18. The quantitative estimate of drug-likeness (QED) is 0.497. The molecule has 1 fully saturated rings. The summed E-state index contributed by atoms with van der Waals surface area (Å²) < 4.78 is 0. The van der Waals surface area contributed by atoms with Crippen LogP contribution >= 0.6 is 0 Å². The molecule has 0 spiro atoms. The molecule has 1 aromatic rings. The Bertz CT molecular complexity index is 503. The van der Waals surface area contributed by atoms with Gasteiger partial charge >= 0.3 is 0 Å². The van der Waals surface area contributed by atoms with Gasteiger partial charge in [-0.2, -0.15) is 0 Å². The second kappa shape index (κ2) is 8.36. The molecular formula is C16H25N5O. The fourth-order valence-electron chi connectivity index (χ4n) is 2.66. The van der Waals surface area contributed by atoms with Gasteiger partial charge in [-0.3, -0.25) is 14.8 Å². The molecule has 0 aromatic carbocycles. The number of nitrogens with zero attached hydrogens (tertiary/aromatic N) is 3. The number of likely N-dealkylation sites (tertiary alicyclic amines) is 1. The summed E-state index contributed by atoms with van der Waals surface area (Å²) in [6.45, 7) is 5.57. The molecule has 1 saturated heterocycles. The average molecular weight is 303 g/mol. The lowest BCUT2D eigenvalue weighted by Gasteiger charge is -2.33. The van der Waals surface area contributed by atoms with Crippen molar-refractivity contribution in [2.45, 2.75) is 19.8 Å². The van der Waals surface area contributed by atoms with Crippen LogP contribution in [0.15, 0.2) is 29.5 Å². The number of hydrogen-bond acceptors (Lipinski definition) is 3. The van der Waals surface area contributed by atoms with Crippen molar-refractivity contribution in [1.29, 1.82) is 0 Å². The van der Waals surface area contributed by atoms with Crippen molar-refractivity contribution in [3.05, 3.63) is 30.1 Å². The highest BCUT2D eigenvalue weighted by atomic mass is 16.1. The van der Waals surface area contributed by atoms with E-state index in [0.29, 0.717) is 24.6 Å². The minimum absolute atomic E-state index is 0.100. The standard InChI is InChI=1S/C16H25N5O/c1-13-5-4-10-21(12-13)16(17-2)20-9-8-19-15(22)14-6-3-7-18-11-14/h3,6-7,11,13H,4-5,8-10,12H2,1-2H3,(H,17,20)(H,19,22). The van der Waals surface area contributed by atoms with Crippen molar-refractivity contribution >= 4 is 11.9 Å². The molecule has 0 saturated carbocycles. The van der Waals surface area contributed by atoms with Crippen molar-refractivity contribution in [1.82, 2.24) is 20.5 Å². The number of nitrogens with one attached hydrogen (secondary N) is 2. The molecule has 1 unspecified atom stereocenters. The molecule has 0 radical (unpaired) electrons. The van der Waals surface area contributed by atoms with E-state index in [1.807, 2.05) is 0 Å². The zero-order valence-corrected chi connectivity index (χ0v) is 13.4. The number of hydrogen-bond donors (Lipinski definition) is 2. The lowest BCUT2D eigenvalue weighted by atomic mass is 10.0. The Hall–Kier alpha value is -2.11. The molecule has 22 heavy (non-hydrogen) atoms. The number of carbonyl (C=O) groups excluding carboxylic acids is 1. The van der Waals surface area contributed by atoms with Gasteiger partial charge in [0.05, 0.1) is 5.56 Å². The first-order valence-electron chi connectivity index (χ1n) is 7.84. The molecule has 0 aliphatic carbocycles. The zero-order chi connectivity index (χ0) is 15.8. The molecule has 1 aliphatic rings. The van der Waals surface area contributed by atoms with Gasteiger partial charge in [0.1, 0.15) is 0 Å². The van der Waals surface area contributed by atoms with Crippen LogP contribution in [0.1, 0.15) is 30.1 Å². The van der Waals surface area contributed by atoms with Crippen LogP contribution in [-0.2, 0) is 0 Å². The van der Waals surface area contributed by atoms with E-state index in [1.165, 1.54) is 12.8 Å². The second-order valence-electron chi connectivity index (χ2n) is 5.67. The highest BCUT2D eigenvalue weighted by Crippen LogP contribution is 2.15. The van der Waals surface area contributed by atoms with E-state index < -0.39 is 0 Å². The summed E-state index contributed by atoms with van der Waals surface area (Å²) in [7, 11) is 1.80. The fraction of sp³-hybridized carbons (Fsp3) is 0.562. The number of rotatable bonds is 4. The number of guanidine groups is 1. The van der Waals surface area contributed by atoms with Gasteiger partial charge in [-0.15, -0.1) is 0 Å². The summed E-state index contributed by atoms with van der Waals surface area (Å²) >= 11 is 0. The number of aromatic nitrogens is 1. The predicted octanol–water partition coefficient (Wildman–Crippen LogP) is 1.12. The van der Waals surface area contributed by atoms with E-state index in [0.717, 1.165) is 19.0 Å². The number of pyridine rings is 1. The van der Waals surface area contributed by atoms with Crippen LogP contribution in [0.4, 0.5) is 0 Å². The fourth-order valence-corrected chi connectivity index (χ4v) is 2.66. The Labute approximate surface area is 132 Å². The predicted molar refractivity (Wildman–Crippen MR) is 87.9 cm³/mol. The first-order valence-corrected chi connectivity index (χ1v) is 7.84. The van der Waals surface area contributed by atoms with Gasteiger partial charge in [-0.25, -0.2) is 0 Å². The molecule has 1 amide bonds. The lowest BCUT2D eigenvalue weighted by molar-refractivity contribution is 0.0954. The smallest absolute Gasteiger partial charge is 0.252 e. The maximum absolute atomic E-state index is 11.9. The average Bonchev–Trinajstić information content (AvgIpc) is 2.55. The summed E-state index contributed by atoms with van der Waals surface area (Å²) in [5.74, 6) is 1.52. The van der Waals surface area contributed by atoms with Crippen molar-refractivity contribution in [3.63, 3.8) is 0 Å². The summed E-state index contributed by atoms with van der Waals surface area (Å²) in [6, 6.07) is 3.51. The van der Waals surface area contributed by atoms with Crippen LogP contribution in [0, 0.1) is 5.92 Å². The van der Waals surface area contributed by atoms with Crippen LogP contribution in [0.3, 0.4) is 0 Å². The second-order valence-corrected chi connectivity index (χ2v) is 5.67. The SMILES string of the molecule is CN=C(NCCNC(=O)c1cccnc1)N1CCCC(C)C1. The third-order valence-corrected chi connectivity index (χ3v) is 3.79. The summed E-state index contributed by atoms with van der Waals surface area (Å²) in [5, 5.41) is 6.19. The van der Waals surface area contributed by atoms with Crippen LogP contribution < -0.4 is 10.6 Å². The zero-order valence-electron chi connectivity index (χ0n) is 13.4. The molecule has 6 heteroatoms. The molecular weight excluding hydrogens is 278 g/mol.